The minimum absolute atomic E-state index is 0.0919. The summed E-state index contributed by atoms with van der Waals surface area (Å²) >= 11 is 0. The summed E-state index contributed by atoms with van der Waals surface area (Å²) in [6.45, 7) is 10.4. The Hall–Kier alpha value is -1.45. The van der Waals surface area contributed by atoms with E-state index in [1.165, 1.54) is 5.57 Å². The Balaban J connectivity index is 2.08. The molecule has 2 heterocycles. The molecule has 1 saturated heterocycles. The van der Waals surface area contributed by atoms with E-state index < -0.39 is 5.60 Å². The molecule has 0 aliphatic carbocycles. The van der Waals surface area contributed by atoms with Crippen LogP contribution in [0.25, 0.3) is 0 Å². The maximum atomic E-state index is 12.3. The van der Waals surface area contributed by atoms with Gasteiger partial charge in [0.1, 0.15) is 5.60 Å². The van der Waals surface area contributed by atoms with Crippen LogP contribution in [-0.2, 0) is 4.74 Å². The monoisotopic (exact) mass is 292 g/mol. The van der Waals surface area contributed by atoms with Crippen LogP contribution >= 0.6 is 0 Å². The molecule has 0 aromatic rings. The minimum atomic E-state index is -0.429. The first-order chi connectivity index (χ1) is 9.76. The number of likely N-dealkylation sites (tertiary alicyclic amines) is 1. The fourth-order valence-electron chi connectivity index (χ4n) is 3.06. The van der Waals surface area contributed by atoms with E-state index in [2.05, 4.69) is 37.2 Å². The molecule has 0 N–H and O–H groups in total. The van der Waals surface area contributed by atoms with Crippen LogP contribution in [-0.4, -0.2) is 48.2 Å². The number of carbonyl (C=O) groups excluding carboxylic acids is 1. The molecule has 2 rings (SSSR count). The number of rotatable bonds is 2. The van der Waals surface area contributed by atoms with Gasteiger partial charge in [-0.25, -0.2) is 4.79 Å². The Bertz CT molecular complexity index is 462. The van der Waals surface area contributed by atoms with Crippen LogP contribution in [0.2, 0.25) is 0 Å². The molecule has 0 aromatic heterocycles. The smallest absolute Gasteiger partial charge is 0.410 e. The molecular formula is C17H28N2O2. The Morgan fingerprint density at radius 2 is 2.14 bits per heavy atom. The van der Waals surface area contributed by atoms with E-state index in [1.54, 1.807) is 0 Å². The summed E-state index contributed by atoms with van der Waals surface area (Å²) in [5, 5.41) is 0. The third-order valence-electron chi connectivity index (χ3n) is 4.40. The second-order valence-electron chi connectivity index (χ2n) is 7.20. The van der Waals surface area contributed by atoms with Gasteiger partial charge < -0.3 is 14.5 Å². The van der Waals surface area contributed by atoms with Crippen molar-refractivity contribution in [1.82, 2.24) is 9.80 Å². The fourth-order valence-corrected chi connectivity index (χ4v) is 3.06. The molecule has 4 heteroatoms. The molecular weight excluding hydrogens is 264 g/mol. The van der Waals surface area contributed by atoms with Crippen LogP contribution in [0.5, 0.6) is 0 Å². The van der Waals surface area contributed by atoms with Gasteiger partial charge in [-0.05, 0) is 51.5 Å². The highest BCUT2D eigenvalue weighted by molar-refractivity contribution is 5.69. The summed E-state index contributed by atoms with van der Waals surface area (Å²) < 4.78 is 5.51. The summed E-state index contributed by atoms with van der Waals surface area (Å²) in [5.74, 6) is 0. The molecule has 21 heavy (non-hydrogen) atoms. The van der Waals surface area contributed by atoms with Gasteiger partial charge in [0.15, 0.2) is 0 Å². The van der Waals surface area contributed by atoms with Crippen molar-refractivity contribution in [3.63, 3.8) is 0 Å². The van der Waals surface area contributed by atoms with Gasteiger partial charge >= 0.3 is 6.09 Å². The number of carbonyl (C=O) groups is 1. The second kappa shape index (κ2) is 5.74. The highest BCUT2D eigenvalue weighted by atomic mass is 16.6. The van der Waals surface area contributed by atoms with Gasteiger partial charge in [0.2, 0.25) is 0 Å². The lowest BCUT2D eigenvalue weighted by molar-refractivity contribution is 0.0278. The normalized spacial score (nSPS) is 26.0. The number of ether oxygens (including phenoxy) is 1. The average Bonchev–Trinajstić information content (AvgIpc) is 2.83. The fraction of sp³-hybridized carbons (Fsp3) is 0.706. The van der Waals surface area contributed by atoms with Crippen LogP contribution in [0.1, 0.15) is 40.5 Å². The first kappa shape index (κ1) is 15.9. The van der Waals surface area contributed by atoms with Crippen molar-refractivity contribution >= 4 is 6.09 Å². The predicted octanol–water partition coefficient (Wildman–Crippen LogP) is 3.41. The predicted molar refractivity (Wildman–Crippen MR) is 85.0 cm³/mol. The number of hydrogen-bond acceptors (Lipinski definition) is 3. The van der Waals surface area contributed by atoms with Gasteiger partial charge in [-0.3, -0.25) is 0 Å². The van der Waals surface area contributed by atoms with Gasteiger partial charge in [0, 0.05) is 32.1 Å². The molecule has 4 nitrogen and oxygen atoms in total. The number of nitrogens with zero attached hydrogens (tertiary/aromatic N) is 2. The van der Waals surface area contributed by atoms with E-state index in [0.29, 0.717) is 0 Å². The van der Waals surface area contributed by atoms with E-state index >= 15 is 0 Å². The van der Waals surface area contributed by atoms with Crippen molar-refractivity contribution in [3.05, 3.63) is 23.9 Å². The van der Waals surface area contributed by atoms with Crippen molar-refractivity contribution < 1.29 is 9.53 Å². The van der Waals surface area contributed by atoms with Gasteiger partial charge in [-0.2, -0.15) is 0 Å². The molecule has 0 bridgehead atoms. The molecule has 0 saturated carbocycles. The Morgan fingerprint density at radius 3 is 2.67 bits per heavy atom. The summed E-state index contributed by atoms with van der Waals surface area (Å²) in [7, 11) is 2.07. The highest BCUT2D eigenvalue weighted by Crippen LogP contribution is 2.42. The molecule has 0 aromatic carbocycles. The second-order valence-corrected chi connectivity index (χ2v) is 7.20. The Labute approximate surface area is 128 Å². The molecule has 2 aliphatic heterocycles. The summed E-state index contributed by atoms with van der Waals surface area (Å²) in [4.78, 5) is 16.3. The van der Waals surface area contributed by atoms with Crippen molar-refractivity contribution in [2.24, 2.45) is 5.41 Å². The lowest BCUT2D eigenvalue weighted by Crippen LogP contribution is -2.37. The number of allylic oxidation sites excluding steroid dienone is 1. The largest absolute Gasteiger partial charge is 0.444 e. The number of hydrogen-bond donors (Lipinski definition) is 0. The quantitative estimate of drug-likeness (QED) is 0.782. The SMILES string of the molecule is CCC1(C2=CCN(C)C=C2)CCN(C(=O)OC(C)(C)C)C1. The molecule has 1 amide bonds. The van der Waals surface area contributed by atoms with E-state index in [9.17, 15) is 4.79 Å². The highest BCUT2D eigenvalue weighted by Gasteiger charge is 2.42. The maximum Gasteiger partial charge on any atom is 0.410 e. The van der Waals surface area contributed by atoms with Crippen LogP contribution in [0, 0.1) is 5.41 Å². The maximum absolute atomic E-state index is 12.3. The first-order valence-corrected chi connectivity index (χ1v) is 7.83. The van der Waals surface area contributed by atoms with Crippen LogP contribution in [0.15, 0.2) is 23.9 Å². The zero-order chi connectivity index (χ0) is 15.7. The van der Waals surface area contributed by atoms with Gasteiger partial charge in [0.25, 0.3) is 0 Å². The third-order valence-corrected chi connectivity index (χ3v) is 4.40. The zero-order valence-corrected chi connectivity index (χ0v) is 14.0. The first-order valence-electron chi connectivity index (χ1n) is 7.83. The molecule has 0 spiro atoms. The topological polar surface area (TPSA) is 32.8 Å². The Kier molecular flexibility index (Phi) is 4.35. The lowest BCUT2D eigenvalue weighted by atomic mass is 9.76. The summed E-state index contributed by atoms with van der Waals surface area (Å²) in [5.41, 5.74) is 1.03. The van der Waals surface area contributed by atoms with Crippen molar-refractivity contribution in [1.29, 1.82) is 0 Å². The van der Waals surface area contributed by atoms with Crippen LogP contribution in [0.4, 0.5) is 4.79 Å². The van der Waals surface area contributed by atoms with Crippen molar-refractivity contribution in [2.45, 2.75) is 46.1 Å². The van der Waals surface area contributed by atoms with Gasteiger partial charge in [0.05, 0.1) is 0 Å². The standard InChI is InChI=1S/C17H28N2O2/c1-6-17(14-7-10-18(5)11-8-14)9-12-19(13-17)15(20)21-16(2,3)4/h7-8,10H,6,9,11-13H2,1-5H3. The zero-order valence-electron chi connectivity index (χ0n) is 14.0. The molecule has 118 valence electrons. The van der Waals surface area contributed by atoms with E-state index in [4.69, 9.17) is 4.74 Å². The van der Waals surface area contributed by atoms with Gasteiger partial charge in [-0.1, -0.05) is 13.0 Å². The van der Waals surface area contributed by atoms with Crippen LogP contribution < -0.4 is 0 Å². The molecule has 2 aliphatic rings. The van der Waals surface area contributed by atoms with E-state index in [-0.39, 0.29) is 11.5 Å². The summed E-state index contributed by atoms with van der Waals surface area (Å²) in [6.07, 6.45) is 8.50. The average molecular weight is 292 g/mol. The number of amides is 1. The van der Waals surface area contributed by atoms with E-state index in [0.717, 1.165) is 32.5 Å². The van der Waals surface area contributed by atoms with Crippen molar-refractivity contribution in [2.75, 3.05) is 26.7 Å². The molecule has 1 unspecified atom stereocenters. The van der Waals surface area contributed by atoms with Gasteiger partial charge in [-0.15, -0.1) is 0 Å². The van der Waals surface area contributed by atoms with Crippen molar-refractivity contribution in [3.8, 4) is 0 Å². The lowest BCUT2D eigenvalue weighted by Gasteiger charge is -2.32. The third kappa shape index (κ3) is 3.60. The van der Waals surface area contributed by atoms with E-state index in [1.807, 2.05) is 25.7 Å². The molecule has 1 fully saturated rings. The Morgan fingerprint density at radius 1 is 1.43 bits per heavy atom. The van der Waals surface area contributed by atoms with Crippen LogP contribution in [0.3, 0.4) is 0 Å². The summed E-state index contributed by atoms with van der Waals surface area (Å²) in [6, 6.07) is 0. The molecule has 0 radical (unpaired) electrons. The minimum Gasteiger partial charge on any atom is -0.444 e. The molecule has 1 atom stereocenters. The number of likely N-dealkylation sites (N-methyl/N-ethyl adjacent to an activating group) is 1.